The molecule has 9 heteroatoms. The Morgan fingerprint density at radius 1 is 1.12 bits per heavy atom. The molecule has 0 radical (unpaired) electrons. The molecule has 1 aromatic rings. The van der Waals surface area contributed by atoms with Crippen LogP contribution in [0.5, 0.6) is 0 Å². The summed E-state index contributed by atoms with van der Waals surface area (Å²) in [4.78, 5) is 20.8. The van der Waals surface area contributed by atoms with Gasteiger partial charge in [-0.05, 0) is 46.6 Å². The minimum atomic E-state index is -0.659. The van der Waals surface area contributed by atoms with Crippen molar-refractivity contribution in [3.05, 3.63) is 38.4 Å². The lowest BCUT2D eigenvalue weighted by Gasteiger charge is -2.51. The third-order valence-corrected chi connectivity index (χ3v) is 4.39. The molecular weight excluding hydrogens is 316 g/mol. The lowest BCUT2D eigenvalue weighted by atomic mass is 9.79. The van der Waals surface area contributed by atoms with Crippen LogP contribution < -0.4 is 5.32 Å². The lowest BCUT2D eigenvalue weighted by molar-refractivity contribution is -0.393. The van der Waals surface area contributed by atoms with Crippen LogP contribution in [0.25, 0.3) is 0 Å². The Hall–Kier alpha value is -2.26. The molecule has 1 fully saturated rings. The number of nitro benzene ring substituents is 2. The maximum absolute atomic E-state index is 11.2. The highest BCUT2D eigenvalue weighted by atomic mass is 16.6. The summed E-state index contributed by atoms with van der Waals surface area (Å²) in [6, 6.07) is 3.45. The number of non-ortho nitro benzene ring substituents is 1. The summed E-state index contributed by atoms with van der Waals surface area (Å²) in [5, 5.41) is 36.8. The van der Waals surface area contributed by atoms with Crippen molar-refractivity contribution in [2.24, 2.45) is 0 Å². The molecule has 24 heavy (non-hydrogen) atoms. The Morgan fingerprint density at radius 2 is 1.67 bits per heavy atom. The van der Waals surface area contributed by atoms with E-state index in [0.29, 0.717) is 12.8 Å². The van der Waals surface area contributed by atoms with Crippen molar-refractivity contribution < 1.29 is 15.1 Å². The van der Waals surface area contributed by atoms with Gasteiger partial charge in [-0.1, -0.05) is 0 Å². The molecule has 0 bridgehead atoms. The lowest BCUT2D eigenvalue weighted by Crippen LogP contribution is -2.61. The minimum absolute atomic E-state index is 0.112. The topological polar surface area (TPSA) is 122 Å². The molecule has 2 N–H and O–H groups in total. The van der Waals surface area contributed by atoms with Crippen molar-refractivity contribution in [2.75, 3.05) is 5.32 Å². The van der Waals surface area contributed by atoms with E-state index in [4.69, 9.17) is 0 Å². The van der Waals surface area contributed by atoms with Crippen LogP contribution in [0.2, 0.25) is 0 Å². The van der Waals surface area contributed by atoms with Crippen molar-refractivity contribution >= 4 is 17.1 Å². The number of hydroxylamine groups is 2. The van der Waals surface area contributed by atoms with Gasteiger partial charge < -0.3 is 10.5 Å². The zero-order valence-electron chi connectivity index (χ0n) is 14.1. The van der Waals surface area contributed by atoms with Crippen LogP contribution in [0.4, 0.5) is 17.1 Å². The summed E-state index contributed by atoms with van der Waals surface area (Å²) in [5.74, 6) is 0. The highest BCUT2D eigenvalue weighted by Crippen LogP contribution is 2.39. The molecule has 0 aliphatic carbocycles. The van der Waals surface area contributed by atoms with Gasteiger partial charge in [0.15, 0.2) is 0 Å². The predicted octanol–water partition coefficient (Wildman–Crippen LogP) is 3.33. The number of anilines is 1. The van der Waals surface area contributed by atoms with E-state index in [2.05, 4.69) is 5.32 Å². The standard InChI is InChI=1S/C15H22N4O5/c1-14(2)8-10(9-15(3,4)19(14)24)16-12-6-5-11(17(20)21)7-13(12)18(22)23/h5-7,10,16,24H,8-9H2,1-4H3. The van der Waals surface area contributed by atoms with Crippen molar-refractivity contribution in [3.8, 4) is 0 Å². The zero-order valence-corrected chi connectivity index (χ0v) is 14.1. The van der Waals surface area contributed by atoms with Gasteiger partial charge in [-0.25, -0.2) is 0 Å². The van der Waals surface area contributed by atoms with E-state index in [1.165, 1.54) is 17.2 Å². The maximum Gasteiger partial charge on any atom is 0.299 e. The Bertz CT molecular complexity index is 656. The first kappa shape index (κ1) is 18.1. The predicted molar refractivity (Wildman–Crippen MR) is 88.2 cm³/mol. The molecule has 0 atom stereocenters. The third-order valence-electron chi connectivity index (χ3n) is 4.39. The summed E-state index contributed by atoms with van der Waals surface area (Å²) in [6.07, 6.45) is 1.14. The average molecular weight is 338 g/mol. The van der Waals surface area contributed by atoms with Crippen LogP contribution in [0.1, 0.15) is 40.5 Å². The zero-order chi connectivity index (χ0) is 18.3. The van der Waals surface area contributed by atoms with Crippen LogP contribution in [0.15, 0.2) is 18.2 Å². The molecule has 1 aliphatic rings. The normalized spacial score (nSPS) is 20.5. The fourth-order valence-corrected chi connectivity index (χ4v) is 3.50. The van der Waals surface area contributed by atoms with Gasteiger partial charge in [0.05, 0.1) is 15.9 Å². The SMILES string of the molecule is CC1(C)CC(Nc2ccc([N+](=O)[O-])cc2[N+](=O)[O-])CC(C)(C)N1O. The second-order valence-corrected chi connectivity index (χ2v) is 7.40. The summed E-state index contributed by atoms with van der Waals surface area (Å²) < 4.78 is 0. The first-order chi connectivity index (χ1) is 10.9. The van der Waals surface area contributed by atoms with E-state index in [-0.39, 0.29) is 23.1 Å². The number of nitrogens with zero attached hydrogens (tertiary/aromatic N) is 3. The van der Waals surface area contributed by atoms with Crippen LogP contribution in [0, 0.1) is 20.2 Å². The number of piperidine rings is 1. The molecule has 9 nitrogen and oxygen atoms in total. The van der Waals surface area contributed by atoms with Crippen molar-refractivity contribution in [1.82, 2.24) is 5.06 Å². The van der Waals surface area contributed by atoms with Gasteiger partial charge in [0.25, 0.3) is 11.4 Å². The molecular formula is C15H22N4O5. The summed E-state index contributed by atoms with van der Waals surface area (Å²) in [7, 11) is 0. The minimum Gasteiger partial charge on any atom is -0.377 e. The fourth-order valence-electron chi connectivity index (χ4n) is 3.50. The summed E-state index contributed by atoms with van der Waals surface area (Å²) in [6.45, 7) is 7.58. The summed E-state index contributed by atoms with van der Waals surface area (Å²) in [5.41, 5.74) is -1.41. The second-order valence-electron chi connectivity index (χ2n) is 7.40. The maximum atomic E-state index is 11.2. The monoisotopic (exact) mass is 338 g/mol. The van der Waals surface area contributed by atoms with E-state index in [9.17, 15) is 25.4 Å². The van der Waals surface area contributed by atoms with E-state index >= 15 is 0 Å². The Balaban J connectivity index is 2.31. The third kappa shape index (κ3) is 3.46. The fraction of sp³-hybridized carbons (Fsp3) is 0.600. The number of hydrogen-bond donors (Lipinski definition) is 2. The van der Waals surface area contributed by atoms with Crippen LogP contribution >= 0.6 is 0 Å². The Labute approximate surface area is 139 Å². The molecule has 1 aliphatic heterocycles. The van der Waals surface area contributed by atoms with E-state index in [1.54, 1.807) is 0 Å². The molecule has 132 valence electrons. The molecule has 1 heterocycles. The van der Waals surface area contributed by atoms with Crippen molar-refractivity contribution in [3.63, 3.8) is 0 Å². The molecule has 0 aromatic heterocycles. The molecule has 0 saturated carbocycles. The number of nitrogens with one attached hydrogen (secondary N) is 1. The van der Waals surface area contributed by atoms with Gasteiger partial charge in [0.2, 0.25) is 0 Å². The number of rotatable bonds is 4. The van der Waals surface area contributed by atoms with Crippen molar-refractivity contribution in [2.45, 2.75) is 57.7 Å². The highest BCUT2D eigenvalue weighted by molar-refractivity contribution is 5.65. The Kier molecular flexibility index (Phi) is 4.51. The van der Waals surface area contributed by atoms with E-state index in [1.807, 2.05) is 27.7 Å². The van der Waals surface area contributed by atoms with Gasteiger partial charge >= 0.3 is 0 Å². The second kappa shape index (κ2) is 5.99. The van der Waals surface area contributed by atoms with Gasteiger partial charge in [-0.2, -0.15) is 5.06 Å². The first-order valence-electron chi connectivity index (χ1n) is 7.63. The van der Waals surface area contributed by atoms with Crippen LogP contribution in [-0.2, 0) is 0 Å². The Morgan fingerprint density at radius 3 is 2.12 bits per heavy atom. The van der Waals surface area contributed by atoms with E-state index < -0.39 is 20.9 Å². The average Bonchev–Trinajstić information content (AvgIpc) is 2.44. The van der Waals surface area contributed by atoms with Crippen LogP contribution in [0.3, 0.4) is 0 Å². The smallest absolute Gasteiger partial charge is 0.299 e. The first-order valence-corrected chi connectivity index (χ1v) is 7.63. The molecule has 2 rings (SSSR count). The quantitative estimate of drug-likeness (QED) is 0.637. The van der Waals surface area contributed by atoms with Crippen molar-refractivity contribution in [1.29, 1.82) is 0 Å². The highest BCUT2D eigenvalue weighted by Gasteiger charge is 2.45. The van der Waals surface area contributed by atoms with Gasteiger partial charge in [0.1, 0.15) is 5.69 Å². The van der Waals surface area contributed by atoms with Gasteiger partial charge in [-0.15, -0.1) is 0 Å². The molecule has 1 saturated heterocycles. The molecule has 0 spiro atoms. The molecule has 0 unspecified atom stereocenters. The van der Waals surface area contributed by atoms with Gasteiger partial charge in [0, 0.05) is 23.2 Å². The number of hydrogen-bond acceptors (Lipinski definition) is 7. The van der Waals surface area contributed by atoms with Gasteiger partial charge in [-0.3, -0.25) is 20.2 Å². The molecule has 0 amide bonds. The van der Waals surface area contributed by atoms with Crippen LogP contribution in [-0.4, -0.2) is 37.2 Å². The summed E-state index contributed by atoms with van der Waals surface area (Å²) >= 11 is 0. The van der Waals surface area contributed by atoms with E-state index in [0.717, 1.165) is 6.07 Å². The molecule has 1 aromatic carbocycles. The number of nitro groups is 2. The number of benzene rings is 1. The largest absolute Gasteiger partial charge is 0.377 e.